The molecule has 0 saturated heterocycles. The van der Waals surface area contributed by atoms with Gasteiger partial charge in [0.05, 0.1) is 0 Å². The summed E-state index contributed by atoms with van der Waals surface area (Å²) >= 11 is 0. The first-order valence-electron chi connectivity index (χ1n) is 5.16. The highest BCUT2D eigenvalue weighted by molar-refractivity contribution is 5.95. The summed E-state index contributed by atoms with van der Waals surface area (Å²) in [6.45, 7) is 0. The third-order valence-electron chi connectivity index (χ3n) is 2.88. The molecule has 0 unspecified atom stereocenters. The van der Waals surface area contributed by atoms with Crippen LogP contribution in [0.5, 0.6) is 11.5 Å². The average molecular weight is 261 g/mol. The molecule has 1 aromatic carbocycles. The Morgan fingerprint density at radius 3 is 2.28 bits per heavy atom. The molecule has 0 heterocycles. The number of phenolic OH excluding ortho intramolecular Hbond substituents is 2. The van der Waals surface area contributed by atoms with Crippen molar-refractivity contribution in [3.63, 3.8) is 0 Å². The molecule has 1 aliphatic carbocycles. The molecule has 1 fully saturated rings. The quantitative estimate of drug-likeness (QED) is 0.712. The molecular weight excluding hydrogens is 251 g/mol. The molecule has 0 bridgehead atoms. The Bertz CT molecular complexity index is 495. The molecule has 0 atom stereocenters. The smallest absolute Gasteiger partial charge is 0.411 e. The van der Waals surface area contributed by atoms with Crippen molar-refractivity contribution in [1.29, 1.82) is 0 Å². The molecule has 1 saturated carbocycles. The third kappa shape index (κ3) is 2.07. The van der Waals surface area contributed by atoms with Crippen LogP contribution in [0.4, 0.5) is 13.2 Å². The summed E-state index contributed by atoms with van der Waals surface area (Å²) in [7, 11) is 0. The maximum Gasteiger partial charge on any atom is 0.411 e. The van der Waals surface area contributed by atoms with E-state index in [0.29, 0.717) is 0 Å². The summed E-state index contributed by atoms with van der Waals surface area (Å²) in [6.07, 6.45) is -4.78. The summed E-state index contributed by atoms with van der Waals surface area (Å²) in [5.41, 5.74) is -2.28. The maximum absolute atomic E-state index is 12.6. The number of hydrogen-bond donors (Lipinski definition) is 3. The number of aromatic hydroxyl groups is 2. The molecule has 0 spiro atoms. The van der Waals surface area contributed by atoms with E-state index >= 15 is 0 Å². The van der Waals surface area contributed by atoms with Gasteiger partial charge in [0, 0.05) is 5.56 Å². The zero-order valence-corrected chi connectivity index (χ0v) is 9.08. The largest absolute Gasteiger partial charge is 0.504 e. The highest BCUT2D eigenvalue weighted by atomic mass is 19.4. The monoisotopic (exact) mass is 261 g/mol. The van der Waals surface area contributed by atoms with Gasteiger partial charge in [0.2, 0.25) is 0 Å². The Morgan fingerprint density at radius 2 is 1.83 bits per heavy atom. The fraction of sp³-hybridized carbons (Fsp3) is 0.364. The Labute approximate surface area is 100 Å². The van der Waals surface area contributed by atoms with Gasteiger partial charge in [-0.2, -0.15) is 13.2 Å². The second-order valence-corrected chi connectivity index (χ2v) is 4.24. The van der Waals surface area contributed by atoms with E-state index in [2.05, 4.69) is 0 Å². The summed E-state index contributed by atoms with van der Waals surface area (Å²) in [5.74, 6) is -1.93. The van der Waals surface area contributed by atoms with Crippen LogP contribution >= 0.6 is 0 Å². The molecule has 3 N–H and O–H groups in total. The van der Waals surface area contributed by atoms with Gasteiger partial charge in [0.1, 0.15) is 5.54 Å². The topological polar surface area (TPSA) is 69.6 Å². The molecule has 2 rings (SSSR count). The first-order chi connectivity index (χ1) is 8.25. The molecular formula is C11H10F3NO3. The predicted octanol–water partition coefficient (Wildman–Crippen LogP) is 1.92. The van der Waals surface area contributed by atoms with Crippen LogP contribution in [0.25, 0.3) is 0 Å². The van der Waals surface area contributed by atoms with Crippen LogP contribution < -0.4 is 5.32 Å². The first kappa shape index (κ1) is 12.5. The Balaban J connectivity index is 2.16. The van der Waals surface area contributed by atoms with E-state index in [1.54, 1.807) is 0 Å². The van der Waals surface area contributed by atoms with Crippen molar-refractivity contribution in [2.24, 2.45) is 0 Å². The van der Waals surface area contributed by atoms with Crippen LogP contribution in [0.15, 0.2) is 18.2 Å². The van der Waals surface area contributed by atoms with Crippen molar-refractivity contribution in [2.75, 3.05) is 0 Å². The van der Waals surface area contributed by atoms with E-state index in [-0.39, 0.29) is 18.4 Å². The van der Waals surface area contributed by atoms with E-state index in [0.717, 1.165) is 18.2 Å². The summed E-state index contributed by atoms with van der Waals surface area (Å²) in [5, 5.41) is 20.1. The fourth-order valence-corrected chi connectivity index (χ4v) is 1.56. The van der Waals surface area contributed by atoms with Crippen molar-refractivity contribution >= 4 is 5.91 Å². The van der Waals surface area contributed by atoms with Gasteiger partial charge in [-0.25, -0.2) is 0 Å². The Kier molecular flexibility index (Phi) is 2.64. The molecule has 18 heavy (non-hydrogen) atoms. The number of hydrogen-bond acceptors (Lipinski definition) is 3. The summed E-state index contributed by atoms with van der Waals surface area (Å²) in [4.78, 5) is 11.6. The van der Waals surface area contributed by atoms with E-state index in [4.69, 9.17) is 5.11 Å². The van der Waals surface area contributed by atoms with E-state index in [1.807, 2.05) is 5.32 Å². The fourth-order valence-electron chi connectivity index (χ4n) is 1.56. The number of carbonyl (C=O) groups excluding carboxylic acids is 1. The van der Waals surface area contributed by atoms with Crippen molar-refractivity contribution in [3.8, 4) is 11.5 Å². The molecule has 98 valence electrons. The predicted molar refractivity (Wildman–Crippen MR) is 55.3 cm³/mol. The zero-order chi connectivity index (χ0) is 13.6. The van der Waals surface area contributed by atoms with Crippen molar-refractivity contribution in [1.82, 2.24) is 5.32 Å². The van der Waals surface area contributed by atoms with Gasteiger partial charge >= 0.3 is 6.18 Å². The van der Waals surface area contributed by atoms with Gasteiger partial charge in [-0.05, 0) is 31.0 Å². The molecule has 1 aliphatic rings. The number of alkyl halides is 3. The number of nitrogens with one attached hydrogen (secondary N) is 1. The molecule has 0 aromatic heterocycles. The van der Waals surface area contributed by atoms with E-state index in [9.17, 15) is 23.1 Å². The van der Waals surface area contributed by atoms with Gasteiger partial charge < -0.3 is 15.5 Å². The standard InChI is InChI=1S/C11H10F3NO3/c12-11(13,14)10(3-4-10)15-9(18)6-1-2-7(16)8(17)5-6/h1-2,5,16-17H,3-4H2,(H,15,18). The minimum absolute atomic E-state index is 0.138. The van der Waals surface area contributed by atoms with Crippen molar-refractivity contribution in [3.05, 3.63) is 23.8 Å². The van der Waals surface area contributed by atoms with Crippen LogP contribution in [0.3, 0.4) is 0 Å². The summed E-state index contributed by atoms with van der Waals surface area (Å²) in [6, 6.07) is 3.09. The van der Waals surface area contributed by atoms with Gasteiger partial charge in [-0.1, -0.05) is 0 Å². The third-order valence-corrected chi connectivity index (χ3v) is 2.88. The average Bonchev–Trinajstić information content (AvgIpc) is 3.02. The van der Waals surface area contributed by atoms with Gasteiger partial charge in [0.15, 0.2) is 11.5 Å². The van der Waals surface area contributed by atoms with Crippen LogP contribution in [-0.2, 0) is 0 Å². The molecule has 4 nitrogen and oxygen atoms in total. The highest BCUT2D eigenvalue weighted by Gasteiger charge is 2.64. The zero-order valence-electron chi connectivity index (χ0n) is 9.08. The highest BCUT2D eigenvalue weighted by Crippen LogP contribution is 2.49. The van der Waals surface area contributed by atoms with E-state index in [1.165, 1.54) is 0 Å². The molecule has 1 amide bonds. The molecule has 0 aliphatic heterocycles. The number of rotatable bonds is 2. The number of carbonyl (C=O) groups is 1. The van der Waals surface area contributed by atoms with Crippen molar-refractivity contribution < 1.29 is 28.2 Å². The van der Waals surface area contributed by atoms with Gasteiger partial charge in [0.25, 0.3) is 5.91 Å². The number of phenols is 2. The second kappa shape index (κ2) is 3.79. The van der Waals surface area contributed by atoms with Gasteiger partial charge in [-0.15, -0.1) is 0 Å². The lowest BCUT2D eigenvalue weighted by molar-refractivity contribution is -0.163. The first-order valence-corrected chi connectivity index (χ1v) is 5.16. The number of benzene rings is 1. The SMILES string of the molecule is O=C(NC1(C(F)(F)F)CC1)c1ccc(O)c(O)c1. The number of halogens is 3. The Hall–Kier alpha value is -1.92. The lowest BCUT2D eigenvalue weighted by Crippen LogP contribution is -2.47. The summed E-state index contributed by atoms with van der Waals surface area (Å²) < 4.78 is 37.8. The molecule has 7 heteroatoms. The second-order valence-electron chi connectivity index (χ2n) is 4.24. The van der Waals surface area contributed by atoms with Crippen LogP contribution in [-0.4, -0.2) is 27.8 Å². The maximum atomic E-state index is 12.6. The lowest BCUT2D eigenvalue weighted by Gasteiger charge is -2.20. The minimum atomic E-state index is -4.48. The van der Waals surface area contributed by atoms with E-state index < -0.39 is 29.1 Å². The van der Waals surface area contributed by atoms with Crippen LogP contribution in [0.2, 0.25) is 0 Å². The molecule has 0 radical (unpaired) electrons. The molecule has 1 aromatic rings. The Morgan fingerprint density at radius 1 is 1.22 bits per heavy atom. The van der Waals surface area contributed by atoms with Crippen LogP contribution in [0.1, 0.15) is 23.2 Å². The van der Waals surface area contributed by atoms with Gasteiger partial charge in [-0.3, -0.25) is 4.79 Å². The lowest BCUT2D eigenvalue weighted by atomic mass is 10.1. The van der Waals surface area contributed by atoms with Crippen molar-refractivity contribution in [2.45, 2.75) is 24.6 Å². The normalized spacial score (nSPS) is 17.3. The minimum Gasteiger partial charge on any atom is -0.504 e. The van der Waals surface area contributed by atoms with Crippen LogP contribution in [0, 0.1) is 0 Å². The number of amides is 1.